The summed E-state index contributed by atoms with van der Waals surface area (Å²) in [6, 6.07) is 0. The van der Waals surface area contributed by atoms with Crippen molar-refractivity contribution in [3.05, 3.63) is 47.5 Å². The first-order valence-corrected chi connectivity index (χ1v) is 5.82. The Morgan fingerprint density at radius 3 is 1.21 bits per heavy atom. The standard InChI is InChI=1S/2C4H7NO2.C4H6S/c2*1-3(5)2-4(6)7;1-3-5-4-2/h2*2H,5H2,1H3,(H,6,7);3-4H,1-2H2/b2*3-2-;. The highest BCUT2D eigenvalue weighted by Gasteiger charge is 1.84. The zero-order valence-corrected chi connectivity index (χ0v) is 11.8. The largest absolute Gasteiger partial charge is 0.478 e. The normalized spacial score (nSPS) is 10.0. The van der Waals surface area contributed by atoms with Crippen LogP contribution in [0.1, 0.15) is 13.8 Å². The molecule has 108 valence electrons. The third kappa shape index (κ3) is 49.3. The molecule has 0 bridgehead atoms. The molecule has 0 rings (SSSR count). The maximum atomic E-state index is 9.65. The molecular formula is C12H20N2O4S. The lowest BCUT2D eigenvalue weighted by Crippen LogP contribution is -1.96. The van der Waals surface area contributed by atoms with Crippen molar-refractivity contribution in [1.82, 2.24) is 0 Å². The second-order valence-electron chi connectivity index (χ2n) is 2.92. The van der Waals surface area contributed by atoms with Crippen molar-refractivity contribution in [2.45, 2.75) is 13.8 Å². The number of carboxylic acid groups (broad SMARTS) is 2. The van der Waals surface area contributed by atoms with Gasteiger partial charge in [0.2, 0.25) is 0 Å². The van der Waals surface area contributed by atoms with Gasteiger partial charge in [-0.3, -0.25) is 0 Å². The fraction of sp³-hybridized carbons (Fsp3) is 0.167. The number of thioether (sulfide) groups is 1. The minimum Gasteiger partial charge on any atom is -0.478 e. The van der Waals surface area contributed by atoms with E-state index in [2.05, 4.69) is 13.2 Å². The van der Waals surface area contributed by atoms with Gasteiger partial charge < -0.3 is 21.7 Å². The molecule has 0 unspecified atom stereocenters. The fourth-order valence-corrected chi connectivity index (χ4v) is 0.594. The number of nitrogens with two attached hydrogens (primary N) is 2. The van der Waals surface area contributed by atoms with Crippen LogP contribution < -0.4 is 11.5 Å². The molecule has 0 saturated heterocycles. The third-order valence-electron chi connectivity index (χ3n) is 0.895. The maximum Gasteiger partial charge on any atom is 0.330 e. The van der Waals surface area contributed by atoms with Crippen LogP contribution >= 0.6 is 11.8 Å². The number of hydrogen-bond acceptors (Lipinski definition) is 5. The van der Waals surface area contributed by atoms with E-state index in [0.717, 1.165) is 12.2 Å². The lowest BCUT2D eigenvalue weighted by Gasteiger charge is -1.81. The summed E-state index contributed by atoms with van der Waals surface area (Å²) < 4.78 is 0. The van der Waals surface area contributed by atoms with Gasteiger partial charge in [-0.2, -0.15) is 0 Å². The summed E-state index contributed by atoms with van der Waals surface area (Å²) in [5, 5.41) is 19.3. The molecule has 0 aliphatic heterocycles. The van der Waals surface area contributed by atoms with Gasteiger partial charge in [0.15, 0.2) is 0 Å². The van der Waals surface area contributed by atoms with Gasteiger partial charge >= 0.3 is 11.9 Å². The molecule has 7 heteroatoms. The van der Waals surface area contributed by atoms with E-state index in [1.54, 1.807) is 10.8 Å². The average molecular weight is 288 g/mol. The summed E-state index contributed by atoms with van der Waals surface area (Å²) in [6.07, 6.45) is 1.89. The summed E-state index contributed by atoms with van der Waals surface area (Å²) >= 11 is 1.49. The van der Waals surface area contributed by atoms with Crippen LogP contribution in [-0.4, -0.2) is 22.2 Å². The van der Waals surface area contributed by atoms with Crippen LogP contribution in [0.2, 0.25) is 0 Å². The van der Waals surface area contributed by atoms with Gasteiger partial charge in [0.05, 0.1) is 0 Å². The number of rotatable bonds is 4. The van der Waals surface area contributed by atoms with Crippen molar-refractivity contribution < 1.29 is 19.8 Å². The predicted octanol–water partition coefficient (Wildman–Crippen LogP) is 1.87. The molecule has 0 spiro atoms. The summed E-state index contributed by atoms with van der Waals surface area (Å²) in [7, 11) is 0. The second kappa shape index (κ2) is 15.9. The Hall–Kier alpha value is -2.15. The molecule has 6 N–H and O–H groups in total. The minimum absolute atomic E-state index is 0.313. The Morgan fingerprint density at radius 1 is 0.947 bits per heavy atom. The monoisotopic (exact) mass is 288 g/mol. The van der Waals surface area contributed by atoms with E-state index in [1.807, 2.05) is 0 Å². The van der Waals surface area contributed by atoms with E-state index >= 15 is 0 Å². The van der Waals surface area contributed by atoms with Crippen molar-refractivity contribution in [2.75, 3.05) is 0 Å². The number of carbonyl (C=O) groups is 2. The molecule has 0 aromatic heterocycles. The maximum absolute atomic E-state index is 9.65. The molecule has 0 fully saturated rings. The lowest BCUT2D eigenvalue weighted by atomic mass is 10.5. The SMILES string of the molecule is C/C(N)=C/C(=O)O.C/C(N)=C/C(=O)O.C=CSC=C. The molecule has 0 aromatic rings. The highest BCUT2D eigenvalue weighted by Crippen LogP contribution is 1.96. The zero-order chi connectivity index (χ0) is 15.8. The zero-order valence-electron chi connectivity index (χ0n) is 11.0. The molecule has 6 nitrogen and oxygen atoms in total. The molecule has 19 heavy (non-hydrogen) atoms. The molecule has 0 atom stereocenters. The lowest BCUT2D eigenvalue weighted by molar-refractivity contribution is -0.132. The van der Waals surface area contributed by atoms with Crippen LogP contribution in [0, 0.1) is 0 Å². The Bertz CT molecular complexity index is 321. The van der Waals surface area contributed by atoms with Crippen molar-refractivity contribution in [2.24, 2.45) is 11.5 Å². The Balaban J connectivity index is -0.000000206. The third-order valence-corrected chi connectivity index (χ3v) is 1.28. The second-order valence-corrected chi connectivity index (χ2v) is 3.86. The summed E-state index contributed by atoms with van der Waals surface area (Å²) in [4.78, 5) is 19.3. The molecule has 0 radical (unpaired) electrons. The van der Waals surface area contributed by atoms with E-state index in [0.29, 0.717) is 11.4 Å². The summed E-state index contributed by atoms with van der Waals surface area (Å²) in [5.41, 5.74) is 10.6. The quantitative estimate of drug-likeness (QED) is 0.581. The smallest absolute Gasteiger partial charge is 0.330 e. The Kier molecular flexibility index (Phi) is 18.4. The number of aliphatic carboxylic acids is 2. The first-order valence-electron chi connectivity index (χ1n) is 4.88. The molecule has 0 aliphatic rings. The van der Waals surface area contributed by atoms with E-state index in [-0.39, 0.29) is 0 Å². The Morgan fingerprint density at radius 2 is 1.21 bits per heavy atom. The van der Waals surface area contributed by atoms with Crippen molar-refractivity contribution in [1.29, 1.82) is 0 Å². The topological polar surface area (TPSA) is 127 Å². The molecule has 0 aromatic carbocycles. The van der Waals surface area contributed by atoms with Gasteiger partial charge in [0.25, 0.3) is 0 Å². The summed E-state index contributed by atoms with van der Waals surface area (Å²) in [5.74, 6) is -2.00. The van der Waals surface area contributed by atoms with Crippen LogP contribution in [0.4, 0.5) is 0 Å². The van der Waals surface area contributed by atoms with Crippen molar-refractivity contribution >= 4 is 23.7 Å². The van der Waals surface area contributed by atoms with E-state index in [9.17, 15) is 9.59 Å². The highest BCUT2D eigenvalue weighted by atomic mass is 32.2. The number of allylic oxidation sites excluding steroid dienone is 2. The van der Waals surface area contributed by atoms with Gasteiger partial charge in [-0.1, -0.05) is 13.2 Å². The molecule has 0 aliphatic carbocycles. The van der Waals surface area contributed by atoms with E-state index in [4.69, 9.17) is 21.7 Å². The minimum atomic E-state index is -1.000. The van der Waals surface area contributed by atoms with Crippen LogP contribution in [0.3, 0.4) is 0 Å². The average Bonchev–Trinajstić information content (AvgIpc) is 2.15. The van der Waals surface area contributed by atoms with Crippen LogP contribution in [-0.2, 0) is 9.59 Å². The first kappa shape index (κ1) is 22.1. The van der Waals surface area contributed by atoms with Crippen molar-refractivity contribution in [3.8, 4) is 0 Å². The van der Waals surface area contributed by atoms with Crippen LogP contribution in [0.5, 0.6) is 0 Å². The van der Waals surface area contributed by atoms with E-state index < -0.39 is 11.9 Å². The number of carboxylic acids is 2. The first-order chi connectivity index (χ1) is 8.67. The van der Waals surface area contributed by atoms with E-state index in [1.165, 1.54) is 25.6 Å². The van der Waals surface area contributed by atoms with Gasteiger partial charge in [0, 0.05) is 23.5 Å². The highest BCUT2D eigenvalue weighted by molar-refractivity contribution is 8.04. The fourth-order valence-electron chi connectivity index (χ4n) is 0.458. The Labute approximate surface area is 117 Å². The van der Waals surface area contributed by atoms with Gasteiger partial charge in [-0.25, -0.2) is 9.59 Å². The molecule has 0 amide bonds. The van der Waals surface area contributed by atoms with Gasteiger partial charge in [0.1, 0.15) is 0 Å². The number of hydrogen-bond donors (Lipinski definition) is 4. The van der Waals surface area contributed by atoms with Crippen LogP contribution in [0.25, 0.3) is 0 Å². The predicted molar refractivity (Wildman–Crippen MR) is 79.1 cm³/mol. The molecule has 0 saturated carbocycles. The van der Waals surface area contributed by atoms with Crippen LogP contribution in [0.15, 0.2) is 47.5 Å². The van der Waals surface area contributed by atoms with Crippen molar-refractivity contribution in [3.63, 3.8) is 0 Å². The summed E-state index contributed by atoms with van der Waals surface area (Å²) in [6.45, 7) is 9.93. The van der Waals surface area contributed by atoms with Gasteiger partial charge in [-0.15, -0.1) is 11.8 Å². The molecule has 0 heterocycles. The molecular weight excluding hydrogens is 268 g/mol. The van der Waals surface area contributed by atoms with Gasteiger partial charge in [-0.05, 0) is 24.7 Å².